The first-order chi connectivity index (χ1) is 11.6. The Morgan fingerprint density at radius 1 is 0.958 bits per heavy atom. The molecule has 0 spiro atoms. The van der Waals surface area contributed by atoms with Crippen molar-refractivity contribution in [2.45, 2.75) is 6.42 Å². The van der Waals surface area contributed by atoms with Crippen molar-refractivity contribution in [3.05, 3.63) is 73.3 Å². The largest absolute Gasteiger partial charge is 0.463 e. The van der Waals surface area contributed by atoms with Crippen LogP contribution in [0.4, 0.5) is 0 Å². The number of rotatable bonds is 9. The molecule has 6 heteroatoms. The third-order valence-electron chi connectivity index (χ3n) is 2.96. The fourth-order valence-corrected chi connectivity index (χ4v) is 3.51. The molecule has 0 amide bonds. The number of esters is 1. The van der Waals surface area contributed by atoms with Gasteiger partial charge in [0.15, 0.2) is 0 Å². The minimum absolute atomic E-state index is 0.112. The number of hydrogen-bond donors (Lipinski definition) is 0. The van der Waals surface area contributed by atoms with E-state index < -0.39 is 13.6 Å². The van der Waals surface area contributed by atoms with Gasteiger partial charge in [0.05, 0.1) is 12.8 Å². The highest BCUT2D eigenvalue weighted by Gasteiger charge is 2.27. The van der Waals surface area contributed by atoms with Crippen molar-refractivity contribution in [3.8, 4) is 11.5 Å². The van der Waals surface area contributed by atoms with Gasteiger partial charge >= 0.3 is 13.6 Å². The van der Waals surface area contributed by atoms with Gasteiger partial charge in [0, 0.05) is 6.08 Å². The molecule has 0 N–H and O–H groups in total. The minimum atomic E-state index is -3.45. The van der Waals surface area contributed by atoms with Crippen LogP contribution in [0.25, 0.3) is 0 Å². The molecule has 0 aromatic heterocycles. The first kappa shape index (κ1) is 17.8. The summed E-state index contributed by atoms with van der Waals surface area (Å²) < 4.78 is 29.2. The monoisotopic (exact) mass is 346 g/mol. The molecule has 0 aliphatic rings. The second-order valence-electron chi connectivity index (χ2n) is 4.87. The summed E-state index contributed by atoms with van der Waals surface area (Å²) in [7, 11) is -3.45. The van der Waals surface area contributed by atoms with Crippen molar-refractivity contribution in [3.63, 3.8) is 0 Å². The number of ether oxygens (including phenoxy) is 1. The second-order valence-corrected chi connectivity index (χ2v) is 6.90. The van der Waals surface area contributed by atoms with E-state index >= 15 is 0 Å². The molecule has 0 heterocycles. The predicted octanol–water partition coefficient (Wildman–Crippen LogP) is 4.46. The van der Waals surface area contributed by atoms with E-state index in [1.54, 1.807) is 48.5 Å². The molecule has 0 saturated heterocycles. The smallest absolute Gasteiger partial charge is 0.430 e. The van der Waals surface area contributed by atoms with Crippen molar-refractivity contribution in [2.75, 3.05) is 12.8 Å². The van der Waals surface area contributed by atoms with Crippen molar-refractivity contribution < 1.29 is 23.1 Å². The molecule has 126 valence electrons. The molecule has 0 saturated carbocycles. The van der Waals surface area contributed by atoms with Gasteiger partial charge in [-0.25, -0.2) is 9.36 Å². The molecule has 0 radical (unpaired) electrons. The van der Waals surface area contributed by atoms with E-state index in [1.807, 2.05) is 12.1 Å². The Morgan fingerprint density at radius 2 is 1.46 bits per heavy atom. The van der Waals surface area contributed by atoms with Gasteiger partial charge < -0.3 is 13.8 Å². The Balaban J connectivity index is 2.04. The van der Waals surface area contributed by atoms with Crippen LogP contribution in [0.5, 0.6) is 11.5 Å². The SMILES string of the molecule is C=CC(=O)OCCCP(=O)(Oc1ccccc1)Oc1ccccc1. The van der Waals surface area contributed by atoms with Gasteiger partial charge in [0.25, 0.3) is 0 Å². The van der Waals surface area contributed by atoms with Crippen LogP contribution in [0.2, 0.25) is 0 Å². The predicted molar refractivity (Wildman–Crippen MR) is 92.4 cm³/mol. The molecular formula is C18H19O5P. The van der Waals surface area contributed by atoms with E-state index in [9.17, 15) is 9.36 Å². The molecule has 0 unspecified atom stereocenters. The lowest BCUT2D eigenvalue weighted by molar-refractivity contribution is -0.137. The highest BCUT2D eigenvalue weighted by Crippen LogP contribution is 2.48. The van der Waals surface area contributed by atoms with Gasteiger partial charge in [0.1, 0.15) is 11.5 Å². The Hall–Kier alpha value is -2.52. The van der Waals surface area contributed by atoms with Crippen molar-refractivity contribution >= 4 is 13.6 Å². The Kier molecular flexibility index (Phi) is 6.64. The zero-order valence-electron chi connectivity index (χ0n) is 13.2. The molecular weight excluding hydrogens is 327 g/mol. The molecule has 0 bridgehead atoms. The van der Waals surface area contributed by atoms with E-state index in [0.717, 1.165) is 6.08 Å². The van der Waals surface area contributed by atoms with Crippen molar-refractivity contribution in [2.24, 2.45) is 0 Å². The van der Waals surface area contributed by atoms with Crippen LogP contribution in [0.15, 0.2) is 73.3 Å². The molecule has 2 aromatic carbocycles. The molecule has 24 heavy (non-hydrogen) atoms. The van der Waals surface area contributed by atoms with E-state index in [2.05, 4.69) is 6.58 Å². The lowest BCUT2D eigenvalue weighted by Crippen LogP contribution is -2.09. The van der Waals surface area contributed by atoms with Gasteiger partial charge in [-0.2, -0.15) is 0 Å². The molecule has 0 fully saturated rings. The maximum atomic E-state index is 13.1. The summed E-state index contributed by atoms with van der Waals surface area (Å²) in [6.45, 7) is 3.44. The van der Waals surface area contributed by atoms with E-state index in [1.165, 1.54) is 0 Å². The molecule has 5 nitrogen and oxygen atoms in total. The summed E-state index contributed by atoms with van der Waals surface area (Å²) in [5.74, 6) is 0.400. The van der Waals surface area contributed by atoms with Crippen LogP contribution in [0, 0.1) is 0 Å². The van der Waals surface area contributed by atoms with Crippen LogP contribution >= 0.6 is 7.60 Å². The molecule has 2 aromatic rings. The maximum absolute atomic E-state index is 13.1. The zero-order valence-corrected chi connectivity index (χ0v) is 14.1. The number of benzene rings is 2. The summed E-state index contributed by atoms with van der Waals surface area (Å²) >= 11 is 0. The van der Waals surface area contributed by atoms with Gasteiger partial charge in [-0.05, 0) is 30.7 Å². The maximum Gasteiger partial charge on any atom is 0.430 e. The number of para-hydroxylation sites is 2. The lowest BCUT2D eigenvalue weighted by atomic mass is 10.3. The Morgan fingerprint density at radius 3 is 1.92 bits per heavy atom. The topological polar surface area (TPSA) is 61.8 Å². The van der Waals surface area contributed by atoms with Crippen LogP contribution in [-0.4, -0.2) is 18.7 Å². The molecule has 0 aliphatic heterocycles. The minimum Gasteiger partial charge on any atom is -0.463 e. The average Bonchev–Trinajstić information content (AvgIpc) is 2.60. The highest BCUT2D eigenvalue weighted by molar-refractivity contribution is 7.54. The van der Waals surface area contributed by atoms with Crippen LogP contribution in [-0.2, 0) is 14.1 Å². The summed E-state index contributed by atoms with van der Waals surface area (Å²) in [6.07, 6.45) is 1.54. The van der Waals surface area contributed by atoms with Crippen LogP contribution in [0.1, 0.15) is 6.42 Å². The fraction of sp³-hybridized carbons (Fsp3) is 0.167. The standard InChI is InChI=1S/C18H19O5P/c1-2-18(19)21-14-9-15-24(20,22-16-10-5-3-6-11-16)23-17-12-7-4-8-13-17/h2-8,10-13H,1,9,14-15H2. The fourth-order valence-electron chi connectivity index (χ4n) is 1.88. The third-order valence-corrected chi connectivity index (χ3v) is 4.80. The second kappa shape index (κ2) is 8.94. The van der Waals surface area contributed by atoms with E-state index in [4.69, 9.17) is 13.8 Å². The van der Waals surface area contributed by atoms with Gasteiger partial charge in [-0.1, -0.05) is 43.0 Å². The number of hydrogen-bond acceptors (Lipinski definition) is 5. The van der Waals surface area contributed by atoms with E-state index in [0.29, 0.717) is 17.9 Å². The summed E-state index contributed by atoms with van der Waals surface area (Å²) in [6, 6.07) is 17.6. The highest BCUT2D eigenvalue weighted by atomic mass is 31.2. The quantitative estimate of drug-likeness (QED) is 0.290. The summed E-state index contributed by atoms with van der Waals surface area (Å²) in [4.78, 5) is 11.0. The molecule has 2 rings (SSSR count). The van der Waals surface area contributed by atoms with E-state index in [-0.39, 0.29) is 12.8 Å². The molecule has 0 atom stereocenters. The number of carbonyl (C=O) groups is 1. The third kappa shape index (κ3) is 5.94. The Labute approximate surface area is 141 Å². The average molecular weight is 346 g/mol. The molecule has 0 aliphatic carbocycles. The summed E-state index contributed by atoms with van der Waals surface area (Å²) in [5.41, 5.74) is 0. The first-order valence-electron chi connectivity index (χ1n) is 7.49. The van der Waals surface area contributed by atoms with Gasteiger partial charge in [-0.15, -0.1) is 0 Å². The van der Waals surface area contributed by atoms with Gasteiger partial charge in [0.2, 0.25) is 0 Å². The van der Waals surface area contributed by atoms with Crippen molar-refractivity contribution in [1.82, 2.24) is 0 Å². The zero-order chi connectivity index (χ0) is 17.3. The van der Waals surface area contributed by atoms with Gasteiger partial charge in [-0.3, -0.25) is 0 Å². The number of carbonyl (C=O) groups excluding carboxylic acids is 1. The lowest BCUT2D eigenvalue weighted by Gasteiger charge is -2.20. The van der Waals surface area contributed by atoms with Crippen molar-refractivity contribution in [1.29, 1.82) is 0 Å². The summed E-state index contributed by atoms with van der Waals surface area (Å²) in [5, 5.41) is 0. The normalized spacial score (nSPS) is 10.7. The van der Waals surface area contributed by atoms with Crippen LogP contribution < -0.4 is 9.05 Å². The van der Waals surface area contributed by atoms with Crippen LogP contribution in [0.3, 0.4) is 0 Å². The Bertz CT molecular complexity index is 654. The first-order valence-corrected chi connectivity index (χ1v) is 9.22.